The Kier molecular flexibility index (Phi) is 5.59. The maximum Gasteiger partial charge on any atom is 0.329 e. The molecule has 0 aromatic rings. The average Bonchev–Trinajstić information content (AvgIpc) is 2.79. The molecule has 1 rings (SSSR count). The van der Waals surface area contributed by atoms with Gasteiger partial charge in [0.25, 0.3) is 0 Å². The van der Waals surface area contributed by atoms with E-state index in [4.69, 9.17) is 5.11 Å². The fraction of sp³-hybridized carbons (Fsp3) is 0.846. The van der Waals surface area contributed by atoms with Crippen LogP contribution >= 0.6 is 0 Å². The second kappa shape index (κ2) is 6.73. The maximum atomic E-state index is 11.8. The van der Waals surface area contributed by atoms with Crippen molar-refractivity contribution in [2.75, 3.05) is 19.6 Å². The Morgan fingerprint density at radius 2 is 1.94 bits per heavy atom. The summed E-state index contributed by atoms with van der Waals surface area (Å²) in [7, 11) is 0. The lowest BCUT2D eigenvalue weighted by Gasteiger charge is -2.26. The Balaban J connectivity index is 2.38. The Hall–Kier alpha value is -1.10. The molecule has 1 heterocycles. The molecule has 104 valence electrons. The van der Waals surface area contributed by atoms with Gasteiger partial charge in [0.1, 0.15) is 5.54 Å². The highest BCUT2D eigenvalue weighted by Crippen LogP contribution is 2.13. The van der Waals surface area contributed by atoms with E-state index in [1.165, 1.54) is 12.8 Å². The molecule has 0 spiro atoms. The number of amides is 1. The minimum atomic E-state index is -1.13. The van der Waals surface area contributed by atoms with Crippen LogP contribution in [-0.4, -0.2) is 47.1 Å². The summed E-state index contributed by atoms with van der Waals surface area (Å²) in [4.78, 5) is 25.2. The molecule has 0 aromatic heterocycles. The topological polar surface area (TPSA) is 69.6 Å². The van der Waals surface area contributed by atoms with E-state index in [2.05, 4.69) is 10.2 Å². The molecule has 1 fully saturated rings. The van der Waals surface area contributed by atoms with Gasteiger partial charge in [0, 0.05) is 13.0 Å². The lowest BCUT2D eigenvalue weighted by molar-refractivity contribution is -0.147. The van der Waals surface area contributed by atoms with Crippen molar-refractivity contribution >= 4 is 11.9 Å². The number of hydrogen-bond donors (Lipinski definition) is 2. The maximum absolute atomic E-state index is 11.8. The molecule has 1 unspecified atom stereocenters. The van der Waals surface area contributed by atoms with E-state index in [9.17, 15) is 9.59 Å². The third kappa shape index (κ3) is 4.29. The monoisotopic (exact) mass is 256 g/mol. The molecule has 0 aromatic carbocycles. The van der Waals surface area contributed by atoms with Crippen molar-refractivity contribution in [1.82, 2.24) is 10.2 Å². The van der Waals surface area contributed by atoms with Gasteiger partial charge in [-0.05, 0) is 39.3 Å². The summed E-state index contributed by atoms with van der Waals surface area (Å²) < 4.78 is 0. The van der Waals surface area contributed by atoms with Gasteiger partial charge in [0.15, 0.2) is 0 Å². The summed E-state index contributed by atoms with van der Waals surface area (Å²) >= 11 is 0. The van der Waals surface area contributed by atoms with Crippen molar-refractivity contribution in [1.29, 1.82) is 0 Å². The number of hydrogen-bond acceptors (Lipinski definition) is 3. The van der Waals surface area contributed by atoms with Gasteiger partial charge in [0.2, 0.25) is 5.91 Å². The number of aliphatic carboxylic acids is 1. The van der Waals surface area contributed by atoms with Crippen molar-refractivity contribution in [3.63, 3.8) is 0 Å². The first-order chi connectivity index (χ1) is 8.48. The lowest BCUT2D eigenvalue weighted by atomic mass is 9.96. The van der Waals surface area contributed by atoms with Crippen molar-refractivity contribution in [3.8, 4) is 0 Å². The molecule has 0 aliphatic carbocycles. The number of carbonyl (C=O) groups is 2. The van der Waals surface area contributed by atoms with Crippen molar-refractivity contribution in [2.45, 2.75) is 51.5 Å². The van der Waals surface area contributed by atoms with Crippen LogP contribution in [0.2, 0.25) is 0 Å². The first-order valence-corrected chi connectivity index (χ1v) is 6.74. The van der Waals surface area contributed by atoms with E-state index in [-0.39, 0.29) is 5.91 Å². The normalized spacial score (nSPS) is 19.4. The molecule has 5 heteroatoms. The van der Waals surface area contributed by atoms with Gasteiger partial charge < -0.3 is 15.3 Å². The van der Waals surface area contributed by atoms with Gasteiger partial charge >= 0.3 is 5.97 Å². The van der Waals surface area contributed by atoms with Crippen LogP contribution in [0.1, 0.15) is 46.0 Å². The highest BCUT2D eigenvalue weighted by Gasteiger charge is 2.33. The lowest BCUT2D eigenvalue weighted by Crippen LogP contribution is -2.52. The SMILES string of the molecule is CCCC(C)(NC(=O)CCN1CCCC1)C(=O)O. The number of carboxylic acids is 1. The Morgan fingerprint density at radius 1 is 1.33 bits per heavy atom. The molecule has 18 heavy (non-hydrogen) atoms. The zero-order chi connectivity index (χ0) is 13.6. The average molecular weight is 256 g/mol. The second-order valence-corrected chi connectivity index (χ2v) is 5.23. The van der Waals surface area contributed by atoms with Gasteiger partial charge in [-0.3, -0.25) is 4.79 Å². The molecule has 1 aliphatic rings. The van der Waals surface area contributed by atoms with Crippen LogP contribution in [0, 0.1) is 0 Å². The third-order valence-electron chi connectivity index (χ3n) is 3.49. The van der Waals surface area contributed by atoms with Gasteiger partial charge in [0.05, 0.1) is 0 Å². The number of likely N-dealkylation sites (tertiary alicyclic amines) is 1. The standard InChI is InChI=1S/C13H24N2O3/c1-3-7-13(2,12(17)18)14-11(16)6-10-15-8-4-5-9-15/h3-10H2,1-2H3,(H,14,16)(H,17,18). The van der Waals surface area contributed by atoms with Crippen molar-refractivity contribution < 1.29 is 14.7 Å². The molecule has 1 saturated heterocycles. The second-order valence-electron chi connectivity index (χ2n) is 5.23. The van der Waals surface area contributed by atoms with Gasteiger partial charge in [-0.25, -0.2) is 4.79 Å². The van der Waals surface area contributed by atoms with E-state index in [1.807, 2.05) is 6.92 Å². The summed E-state index contributed by atoms with van der Waals surface area (Å²) in [5.74, 6) is -1.13. The highest BCUT2D eigenvalue weighted by molar-refractivity contribution is 5.86. The minimum absolute atomic E-state index is 0.166. The van der Waals surface area contributed by atoms with Crippen LogP contribution in [-0.2, 0) is 9.59 Å². The van der Waals surface area contributed by atoms with E-state index in [1.54, 1.807) is 6.92 Å². The van der Waals surface area contributed by atoms with Crippen molar-refractivity contribution in [2.24, 2.45) is 0 Å². The molecule has 0 bridgehead atoms. The highest BCUT2D eigenvalue weighted by atomic mass is 16.4. The Bertz CT molecular complexity index is 301. The Morgan fingerprint density at radius 3 is 2.44 bits per heavy atom. The molecular weight excluding hydrogens is 232 g/mol. The zero-order valence-corrected chi connectivity index (χ0v) is 11.4. The number of carboxylic acid groups (broad SMARTS) is 1. The number of carbonyl (C=O) groups excluding carboxylic acids is 1. The van der Waals surface area contributed by atoms with E-state index in [0.717, 1.165) is 26.1 Å². The first-order valence-electron chi connectivity index (χ1n) is 6.74. The largest absolute Gasteiger partial charge is 0.480 e. The van der Waals surface area contributed by atoms with Crippen LogP contribution in [0.15, 0.2) is 0 Å². The molecular formula is C13H24N2O3. The number of nitrogens with zero attached hydrogens (tertiary/aromatic N) is 1. The van der Waals surface area contributed by atoms with Crippen LogP contribution in [0.5, 0.6) is 0 Å². The van der Waals surface area contributed by atoms with E-state index >= 15 is 0 Å². The van der Waals surface area contributed by atoms with Crippen molar-refractivity contribution in [3.05, 3.63) is 0 Å². The zero-order valence-electron chi connectivity index (χ0n) is 11.4. The van der Waals surface area contributed by atoms with E-state index < -0.39 is 11.5 Å². The van der Waals surface area contributed by atoms with Gasteiger partial charge in [-0.2, -0.15) is 0 Å². The molecule has 0 saturated carbocycles. The fourth-order valence-electron chi connectivity index (χ4n) is 2.36. The predicted octanol–water partition coefficient (Wildman–Crippen LogP) is 1.23. The summed E-state index contributed by atoms with van der Waals surface area (Å²) in [6.07, 6.45) is 3.97. The molecule has 1 amide bonds. The molecule has 5 nitrogen and oxygen atoms in total. The first kappa shape index (κ1) is 15.0. The number of rotatable bonds is 7. The molecule has 2 N–H and O–H groups in total. The summed E-state index contributed by atoms with van der Waals surface area (Å²) in [5.41, 5.74) is -1.13. The molecule has 1 aliphatic heterocycles. The van der Waals surface area contributed by atoms with Crippen LogP contribution in [0.3, 0.4) is 0 Å². The smallest absolute Gasteiger partial charge is 0.329 e. The fourth-order valence-corrected chi connectivity index (χ4v) is 2.36. The van der Waals surface area contributed by atoms with E-state index in [0.29, 0.717) is 12.8 Å². The van der Waals surface area contributed by atoms with Crippen LogP contribution < -0.4 is 5.32 Å². The minimum Gasteiger partial charge on any atom is -0.480 e. The van der Waals surface area contributed by atoms with Gasteiger partial charge in [-0.15, -0.1) is 0 Å². The number of nitrogens with one attached hydrogen (secondary N) is 1. The molecule has 1 atom stereocenters. The third-order valence-corrected chi connectivity index (χ3v) is 3.49. The summed E-state index contributed by atoms with van der Waals surface area (Å²) in [5, 5.41) is 11.8. The van der Waals surface area contributed by atoms with Crippen LogP contribution in [0.4, 0.5) is 0 Å². The Labute approximate surface area is 109 Å². The van der Waals surface area contributed by atoms with Gasteiger partial charge in [-0.1, -0.05) is 13.3 Å². The molecule has 0 radical (unpaired) electrons. The predicted molar refractivity (Wildman–Crippen MR) is 69.4 cm³/mol. The van der Waals surface area contributed by atoms with Crippen LogP contribution in [0.25, 0.3) is 0 Å². The quantitative estimate of drug-likeness (QED) is 0.719. The summed E-state index contributed by atoms with van der Waals surface area (Å²) in [6, 6.07) is 0. The summed E-state index contributed by atoms with van der Waals surface area (Å²) in [6.45, 7) is 6.33.